The van der Waals surface area contributed by atoms with Gasteiger partial charge < -0.3 is 16.2 Å². The zero-order valence-electron chi connectivity index (χ0n) is 12.2. The van der Waals surface area contributed by atoms with Crippen molar-refractivity contribution in [1.82, 2.24) is 10.3 Å². The highest BCUT2D eigenvalue weighted by Crippen LogP contribution is 2.08. The highest BCUT2D eigenvalue weighted by Gasteiger charge is 2.19. The minimum absolute atomic E-state index is 0.0517. The third-order valence-corrected chi connectivity index (χ3v) is 3.06. The standard InChI is InChI=1S/C15H25N3O2/c1-11(2)9-13(16)14(19)10-15(20)18-8-6-12-5-3-4-7-17-12/h3-5,7,11,13-14,19H,6,8-10,16H2,1-2H3,(H,18,20)/t13-,14-/m0/s1. The summed E-state index contributed by atoms with van der Waals surface area (Å²) in [6.07, 6.45) is 2.39. The first kappa shape index (κ1) is 16.6. The van der Waals surface area contributed by atoms with E-state index in [0.29, 0.717) is 25.3 Å². The number of nitrogens with two attached hydrogens (primary N) is 1. The maximum atomic E-state index is 11.7. The number of aliphatic hydroxyl groups excluding tert-OH is 1. The van der Waals surface area contributed by atoms with Crippen molar-refractivity contribution in [2.75, 3.05) is 6.54 Å². The van der Waals surface area contributed by atoms with E-state index in [-0.39, 0.29) is 18.4 Å². The molecule has 1 amide bonds. The molecule has 0 fully saturated rings. The first-order chi connectivity index (χ1) is 9.49. The molecule has 0 aliphatic heterocycles. The van der Waals surface area contributed by atoms with Crippen molar-refractivity contribution in [1.29, 1.82) is 0 Å². The molecular weight excluding hydrogens is 254 g/mol. The Labute approximate surface area is 120 Å². The molecule has 0 aliphatic rings. The molecule has 0 aliphatic carbocycles. The molecule has 5 nitrogen and oxygen atoms in total. The van der Waals surface area contributed by atoms with E-state index >= 15 is 0 Å². The first-order valence-corrected chi connectivity index (χ1v) is 7.09. The van der Waals surface area contributed by atoms with Crippen LogP contribution in [-0.2, 0) is 11.2 Å². The van der Waals surface area contributed by atoms with Crippen LogP contribution in [0, 0.1) is 5.92 Å². The van der Waals surface area contributed by atoms with Crippen LogP contribution in [0.5, 0.6) is 0 Å². The maximum Gasteiger partial charge on any atom is 0.222 e. The molecule has 1 aromatic rings. The van der Waals surface area contributed by atoms with Crippen LogP contribution in [0.15, 0.2) is 24.4 Å². The zero-order chi connectivity index (χ0) is 15.0. The van der Waals surface area contributed by atoms with Crippen LogP contribution in [0.4, 0.5) is 0 Å². The average Bonchev–Trinajstić information content (AvgIpc) is 2.39. The van der Waals surface area contributed by atoms with Gasteiger partial charge in [-0.25, -0.2) is 0 Å². The molecule has 0 saturated carbocycles. The highest BCUT2D eigenvalue weighted by atomic mass is 16.3. The van der Waals surface area contributed by atoms with Crippen LogP contribution in [0.2, 0.25) is 0 Å². The zero-order valence-corrected chi connectivity index (χ0v) is 12.2. The number of hydrogen-bond donors (Lipinski definition) is 3. The molecule has 5 heteroatoms. The monoisotopic (exact) mass is 279 g/mol. The average molecular weight is 279 g/mol. The topological polar surface area (TPSA) is 88.2 Å². The molecule has 20 heavy (non-hydrogen) atoms. The molecule has 0 radical (unpaired) electrons. The number of nitrogens with zero attached hydrogens (tertiary/aromatic N) is 1. The van der Waals surface area contributed by atoms with E-state index in [9.17, 15) is 9.90 Å². The minimum atomic E-state index is -0.785. The van der Waals surface area contributed by atoms with Crippen molar-refractivity contribution in [3.63, 3.8) is 0 Å². The highest BCUT2D eigenvalue weighted by molar-refractivity contribution is 5.76. The second-order valence-electron chi connectivity index (χ2n) is 5.49. The van der Waals surface area contributed by atoms with Crippen LogP contribution >= 0.6 is 0 Å². The number of nitrogens with one attached hydrogen (secondary N) is 1. The Kier molecular flexibility index (Phi) is 7.18. The third-order valence-electron chi connectivity index (χ3n) is 3.06. The van der Waals surface area contributed by atoms with Crippen LogP contribution in [0.25, 0.3) is 0 Å². The van der Waals surface area contributed by atoms with Gasteiger partial charge in [0.2, 0.25) is 5.91 Å². The van der Waals surface area contributed by atoms with Gasteiger partial charge in [-0.2, -0.15) is 0 Å². The van der Waals surface area contributed by atoms with E-state index in [1.54, 1.807) is 6.20 Å². The van der Waals surface area contributed by atoms with E-state index in [4.69, 9.17) is 5.73 Å². The molecule has 0 saturated heterocycles. The molecule has 0 unspecified atom stereocenters. The summed E-state index contributed by atoms with van der Waals surface area (Å²) in [5.41, 5.74) is 6.78. The Morgan fingerprint density at radius 1 is 1.45 bits per heavy atom. The Balaban J connectivity index is 2.23. The smallest absolute Gasteiger partial charge is 0.222 e. The number of pyridine rings is 1. The van der Waals surface area contributed by atoms with Gasteiger partial charge in [0.25, 0.3) is 0 Å². The van der Waals surface area contributed by atoms with Crippen molar-refractivity contribution in [3.05, 3.63) is 30.1 Å². The summed E-state index contributed by atoms with van der Waals surface area (Å²) in [6, 6.07) is 5.34. The fourth-order valence-corrected chi connectivity index (χ4v) is 1.99. The lowest BCUT2D eigenvalue weighted by atomic mass is 9.98. The Bertz CT molecular complexity index is 395. The molecule has 0 spiro atoms. The van der Waals surface area contributed by atoms with Gasteiger partial charge >= 0.3 is 0 Å². The van der Waals surface area contributed by atoms with Crippen LogP contribution < -0.4 is 11.1 Å². The van der Waals surface area contributed by atoms with Crippen LogP contribution in [0.3, 0.4) is 0 Å². The fourth-order valence-electron chi connectivity index (χ4n) is 1.99. The SMILES string of the molecule is CC(C)C[C@H](N)[C@@H](O)CC(=O)NCCc1ccccn1. The van der Waals surface area contributed by atoms with Gasteiger partial charge in [0.05, 0.1) is 12.5 Å². The fraction of sp³-hybridized carbons (Fsp3) is 0.600. The number of rotatable bonds is 8. The Morgan fingerprint density at radius 2 is 2.20 bits per heavy atom. The van der Waals surface area contributed by atoms with E-state index in [2.05, 4.69) is 10.3 Å². The molecule has 0 bridgehead atoms. The summed E-state index contributed by atoms with van der Waals surface area (Å²) in [4.78, 5) is 15.9. The lowest BCUT2D eigenvalue weighted by Gasteiger charge is -2.20. The van der Waals surface area contributed by atoms with E-state index in [0.717, 1.165) is 5.69 Å². The van der Waals surface area contributed by atoms with Crippen molar-refractivity contribution >= 4 is 5.91 Å². The summed E-state index contributed by atoms with van der Waals surface area (Å²) in [5.74, 6) is 0.236. The van der Waals surface area contributed by atoms with E-state index in [1.165, 1.54) is 0 Å². The summed E-state index contributed by atoms with van der Waals surface area (Å²) in [6.45, 7) is 4.60. The third kappa shape index (κ3) is 6.63. The second kappa shape index (κ2) is 8.66. The largest absolute Gasteiger partial charge is 0.391 e. The molecule has 0 aromatic carbocycles. The molecule has 1 rings (SSSR count). The van der Waals surface area contributed by atoms with Gasteiger partial charge in [0, 0.05) is 30.9 Å². The van der Waals surface area contributed by atoms with Crippen molar-refractivity contribution < 1.29 is 9.90 Å². The van der Waals surface area contributed by atoms with Crippen LogP contribution in [0.1, 0.15) is 32.4 Å². The van der Waals surface area contributed by atoms with Gasteiger partial charge in [-0.05, 0) is 24.5 Å². The Hall–Kier alpha value is -1.46. The second-order valence-corrected chi connectivity index (χ2v) is 5.49. The maximum absolute atomic E-state index is 11.7. The van der Waals surface area contributed by atoms with Crippen molar-refractivity contribution in [2.24, 2.45) is 11.7 Å². The number of hydrogen-bond acceptors (Lipinski definition) is 4. The van der Waals surface area contributed by atoms with Gasteiger partial charge in [-0.15, -0.1) is 0 Å². The quantitative estimate of drug-likeness (QED) is 0.658. The molecule has 112 valence electrons. The number of carbonyl (C=O) groups is 1. The number of carbonyl (C=O) groups excluding carboxylic acids is 1. The summed E-state index contributed by atoms with van der Waals surface area (Å²) in [5, 5.41) is 12.6. The predicted molar refractivity (Wildman–Crippen MR) is 79.0 cm³/mol. The summed E-state index contributed by atoms with van der Waals surface area (Å²) >= 11 is 0. The molecule has 2 atom stereocenters. The van der Waals surface area contributed by atoms with Crippen LogP contribution in [-0.4, -0.2) is 34.7 Å². The summed E-state index contributed by atoms with van der Waals surface area (Å²) < 4.78 is 0. The molecule has 1 aromatic heterocycles. The lowest BCUT2D eigenvalue weighted by molar-refractivity contribution is -0.123. The predicted octanol–water partition coefficient (Wildman–Crippen LogP) is 0.865. The Morgan fingerprint density at radius 3 is 2.80 bits per heavy atom. The number of amides is 1. The molecule has 4 N–H and O–H groups in total. The van der Waals surface area contributed by atoms with Gasteiger partial charge in [0.1, 0.15) is 0 Å². The number of aliphatic hydroxyl groups is 1. The summed E-state index contributed by atoms with van der Waals surface area (Å²) in [7, 11) is 0. The van der Waals surface area contributed by atoms with Gasteiger partial charge in [-0.3, -0.25) is 9.78 Å². The normalized spacial score (nSPS) is 14.1. The first-order valence-electron chi connectivity index (χ1n) is 7.09. The van der Waals surface area contributed by atoms with Crippen molar-refractivity contribution in [3.8, 4) is 0 Å². The van der Waals surface area contributed by atoms with Gasteiger partial charge in [0.15, 0.2) is 0 Å². The van der Waals surface area contributed by atoms with Crippen molar-refractivity contribution in [2.45, 2.75) is 45.3 Å². The molecular formula is C15H25N3O2. The van der Waals surface area contributed by atoms with E-state index < -0.39 is 6.10 Å². The number of aromatic nitrogens is 1. The van der Waals surface area contributed by atoms with E-state index in [1.807, 2.05) is 32.0 Å². The minimum Gasteiger partial charge on any atom is -0.391 e. The lowest BCUT2D eigenvalue weighted by Crippen LogP contribution is -2.40. The van der Waals surface area contributed by atoms with Gasteiger partial charge in [-0.1, -0.05) is 19.9 Å². The molecule has 1 heterocycles.